The SMILES string of the molecule is CCCCc1ccc([C@@H](OC)[C@@H](CF)n2cc(CCN(C)[C@@H]3C[C@H](O[C@@H]4[C@@H](C)[C@H](O[C@H]5C[C@@](C)(OC)[C@@H](O)[C@H](C)O5)[C@@H](C)C(=O)O[C@H](CC)[C@@](C)(O)[C@H](O)[C@@H](C)N(C)C[C@H](C)C[C@@]4(C)O)O[C@H](C)C3)nn2)cc1. The molecule has 4 N–H and O–H groups in total. The highest BCUT2D eigenvalue weighted by atomic mass is 19.1. The minimum absolute atomic E-state index is 0.00134. The number of alkyl halides is 1. The van der Waals surface area contributed by atoms with Gasteiger partial charge in [0.25, 0.3) is 0 Å². The van der Waals surface area contributed by atoms with Gasteiger partial charge in [-0.05, 0) is 112 Å². The third-order valence-corrected chi connectivity index (χ3v) is 16.5. The number of cyclic esters (lactones) is 1. The van der Waals surface area contributed by atoms with Gasteiger partial charge in [0, 0.05) is 70.8 Å². The molecule has 17 nitrogen and oxygen atoms in total. The Bertz CT molecular complexity index is 1980. The van der Waals surface area contributed by atoms with Gasteiger partial charge in [0.1, 0.15) is 42.7 Å². The molecular weight excluding hydrogens is 942 g/mol. The van der Waals surface area contributed by atoms with Gasteiger partial charge < -0.3 is 63.4 Å². The third kappa shape index (κ3) is 15.1. The summed E-state index contributed by atoms with van der Waals surface area (Å²) in [5, 5.41) is 56.4. The van der Waals surface area contributed by atoms with Crippen molar-refractivity contribution in [3.05, 3.63) is 47.3 Å². The summed E-state index contributed by atoms with van der Waals surface area (Å²) in [5.74, 6) is -2.54. The molecule has 18 heteroatoms. The lowest BCUT2D eigenvalue weighted by molar-refractivity contribution is -0.308. The number of methoxy groups -OCH3 is 2. The van der Waals surface area contributed by atoms with Crippen molar-refractivity contribution in [2.24, 2.45) is 17.8 Å². The van der Waals surface area contributed by atoms with Gasteiger partial charge in [-0.25, -0.2) is 9.07 Å². The second-order valence-electron chi connectivity index (χ2n) is 22.7. The van der Waals surface area contributed by atoms with Crippen LogP contribution in [0.1, 0.15) is 150 Å². The van der Waals surface area contributed by atoms with Crippen molar-refractivity contribution in [3.63, 3.8) is 0 Å². The summed E-state index contributed by atoms with van der Waals surface area (Å²) < 4.78 is 61.0. The first-order chi connectivity index (χ1) is 34.3. The van der Waals surface area contributed by atoms with Crippen LogP contribution in [0, 0.1) is 17.8 Å². The van der Waals surface area contributed by atoms with Crippen LogP contribution in [0.4, 0.5) is 4.39 Å². The van der Waals surface area contributed by atoms with Crippen molar-refractivity contribution in [1.82, 2.24) is 24.8 Å². The molecule has 0 unspecified atom stereocenters. The first kappa shape index (κ1) is 61.1. The Labute approximate surface area is 435 Å². The molecule has 0 saturated carbocycles. The Hall–Kier alpha value is -2.72. The van der Waals surface area contributed by atoms with E-state index in [2.05, 4.69) is 34.3 Å². The lowest BCUT2D eigenvalue weighted by Crippen LogP contribution is -2.59. The third-order valence-electron chi connectivity index (χ3n) is 16.5. The van der Waals surface area contributed by atoms with E-state index in [0.29, 0.717) is 32.4 Å². The van der Waals surface area contributed by atoms with Gasteiger partial charge in [-0.3, -0.25) is 4.79 Å². The molecule has 3 aliphatic rings. The number of aliphatic hydroxyl groups is 4. The number of likely N-dealkylation sites (N-methyl/N-ethyl adjacent to an activating group) is 2. The van der Waals surface area contributed by atoms with Gasteiger partial charge in [0.2, 0.25) is 0 Å². The number of aliphatic hydroxyl groups excluding tert-OH is 2. The smallest absolute Gasteiger partial charge is 0.311 e. The number of unbranched alkanes of at least 4 members (excludes halogenated alkanes) is 1. The number of rotatable bonds is 18. The predicted octanol–water partition coefficient (Wildman–Crippen LogP) is 6.38. The lowest BCUT2D eigenvalue weighted by Gasteiger charge is -2.48. The van der Waals surface area contributed by atoms with Gasteiger partial charge >= 0.3 is 5.97 Å². The Balaban J connectivity index is 1.41. The molecule has 2 aromatic rings. The molecule has 0 radical (unpaired) electrons. The summed E-state index contributed by atoms with van der Waals surface area (Å²) in [6.07, 6.45) is -1.14. The van der Waals surface area contributed by atoms with Crippen molar-refractivity contribution in [2.45, 2.75) is 230 Å². The fourth-order valence-corrected chi connectivity index (χ4v) is 11.7. The number of hydrogen-bond acceptors (Lipinski definition) is 16. The summed E-state index contributed by atoms with van der Waals surface area (Å²) in [4.78, 5) is 18.7. The predicted molar refractivity (Wildman–Crippen MR) is 275 cm³/mol. The van der Waals surface area contributed by atoms with Gasteiger partial charge in [-0.15, -0.1) is 5.10 Å². The van der Waals surface area contributed by atoms with Crippen LogP contribution in [0.3, 0.4) is 0 Å². The molecule has 3 fully saturated rings. The first-order valence-electron chi connectivity index (χ1n) is 27.0. The number of hydrogen-bond donors (Lipinski definition) is 4. The van der Waals surface area contributed by atoms with E-state index < -0.39 is 109 Å². The van der Waals surface area contributed by atoms with Gasteiger partial charge in [-0.2, -0.15) is 0 Å². The molecule has 73 heavy (non-hydrogen) atoms. The molecule has 0 amide bonds. The number of aromatic nitrogens is 3. The zero-order valence-corrected chi connectivity index (χ0v) is 46.8. The van der Waals surface area contributed by atoms with E-state index in [4.69, 9.17) is 33.2 Å². The maximum atomic E-state index is 14.8. The molecule has 418 valence electrons. The van der Waals surface area contributed by atoms with E-state index in [9.17, 15) is 29.6 Å². The minimum Gasteiger partial charge on any atom is -0.459 e. The maximum absolute atomic E-state index is 14.8. The highest BCUT2D eigenvalue weighted by Crippen LogP contribution is 2.40. The molecule has 5 rings (SSSR count). The van der Waals surface area contributed by atoms with Crippen molar-refractivity contribution in [2.75, 3.05) is 48.1 Å². The topological polar surface area (TPSA) is 200 Å². The number of carbonyl (C=O) groups is 1. The van der Waals surface area contributed by atoms with Crippen molar-refractivity contribution < 1.29 is 62.8 Å². The van der Waals surface area contributed by atoms with Crippen LogP contribution in [0.2, 0.25) is 0 Å². The largest absolute Gasteiger partial charge is 0.459 e. The lowest BCUT2D eigenvalue weighted by atomic mass is 9.77. The summed E-state index contributed by atoms with van der Waals surface area (Å²) in [6.45, 7) is 20.5. The Morgan fingerprint density at radius 1 is 0.932 bits per heavy atom. The normalized spacial score (nSPS) is 38.6. The minimum atomic E-state index is -1.82. The van der Waals surface area contributed by atoms with Gasteiger partial charge in [-0.1, -0.05) is 63.6 Å². The fourth-order valence-electron chi connectivity index (χ4n) is 11.7. The van der Waals surface area contributed by atoms with E-state index >= 15 is 0 Å². The number of esters is 1. The van der Waals surface area contributed by atoms with Crippen molar-refractivity contribution >= 4 is 5.97 Å². The molecule has 0 bridgehead atoms. The fraction of sp³-hybridized carbons (Fsp3) is 0.836. The number of nitrogens with zero attached hydrogens (tertiary/aromatic N) is 5. The molecule has 1 aromatic heterocycles. The Morgan fingerprint density at radius 3 is 2.23 bits per heavy atom. The summed E-state index contributed by atoms with van der Waals surface area (Å²) in [5.41, 5.74) is -1.55. The standard InChI is InChI=1S/C55H94FN5O12/c1-16-18-19-39-20-22-40(23-21-39)48(67-14)43(30-56)61-32-41(57-58-61)24-25-59(12)42-26-34(4)69-45(27-42)73-51-35(5)47(72-46-29-54(10,68-15)50(63)38(8)70-46)36(6)52(64)71-44(17-2)55(11,66)49(62)37(7)60(13)31-33(3)28-53(51,9)65/h20-23,32-38,42-51,62-63,65-66H,16-19,24-31H2,1-15H3/t33-,34-,35+,36-,37-,38+,42+,43-,44-,45+,46+,47+,48-,49-,50+,51-,53-,54-,55-/m1/s1. The first-order valence-corrected chi connectivity index (χ1v) is 27.0. The highest BCUT2D eigenvalue weighted by Gasteiger charge is 2.52. The van der Waals surface area contributed by atoms with E-state index in [1.807, 2.05) is 58.8 Å². The molecule has 3 aliphatic heterocycles. The zero-order valence-electron chi connectivity index (χ0n) is 46.8. The molecule has 3 saturated heterocycles. The molecule has 4 heterocycles. The maximum Gasteiger partial charge on any atom is 0.311 e. The monoisotopic (exact) mass is 1040 g/mol. The average Bonchev–Trinajstić information content (AvgIpc) is 3.82. The van der Waals surface area contributed by atoms with E-state index in [1.165, 1.54) is 19.6 Å². The average molecular weight is 1040 g/mol. The molecule has 0 spiro atoms. The quantitative estimate of drug-likeness (QED) is 0.120. The second kappa shape index (κ2) is 26.6. The number of benzene rings is 1. The van der Waals surface area contributed by atoms with E-state index in [1.54, 1.807) is 52.6 Å². The summed E-state index contributed by atoms with van der Waals surface area (Å²) >= 11 is 0. The number of ether oxygens (including phenoxy) is 7. The van der Waals surface area contributed by atoms with E-state index in [-0.39, 0.29) is 37.3 Å². The zero-order chi connectivity index (χ0) is 54.2. The Morgan fingerprint density at radius 2 is 1.62 bits per heavy atom. The van der Waals surface area contributed by atoms with Crippen LogP contribution in [0.5, 0.6) is 0 Å². The number of aryl methyl sites for hydroxylation is 1. The molecule has 1 aromatic carbocycles. The summed E-state index contributed by atoms with van der Waals surface area (Å²) in [6, 6.07) is 6.93. The summed E-state index contributed by atoms with van der Waals surface area (Å²) in [7, 11) is 7.02. The van der Waals surface area contributed by atoms with Crippen LogP contribution in [0.15, 0.2) is 30.5 Å². The highest BCUT2D eigenvalue weighted by molar-refractivity contribution is 5.73. The van der Waals surface area contributed by atoms with Crippen molar-refractivity contribution in [1.29, 1.82) is 0 Å². The molecule has 0 aliphatic carbocycles. The molecular formula is C55H94FN5O12. The number of halogens is 1. The van der Waals surface area contributed by atoms with Gasteiger partial charge in [0.05, 0.1) is 47.2 Å². The van der Waals surface area contributed by atoms with Crippen LogP contribution in [-0.4, -0.2) is 183 Å². The van der Waals surface area contributed by atoms with Crippen LogP contribution < -0.4 is 0 Å². The molecule has 19 atom stereocenters. The second-order valence-corrected chi connectivity index (χ2v) is 22.7. The van der Waals surface area contributed by atoms with Crippen LogP contribution in [0.25, 0.3) is 0 Å². The van der Waals surface area contributed by atoms with Crippen LogP contribution in [-0.2, 0) is 50.8 Å². The van der Waals surface area contributed by atoms with Crippen LogP contribution >= 0.6 is 0 Å². The number of carbonyl (C=O) groups excluding carboxylic acids is 1. The Kier molecular flexibility index (Phi) is 22.2. The van der Waals surface area contributed by atoms with Crippen molar-refractivity contribution in [3.8, 4) is 0 Å². The van der Waals surface area contributed by atoms with Gasteiger partial charge in [0.15, 0.2) is 12.6 Å². The van der Waals surface area contributed by atoms with E-state index in [0.717, 1.165) is 30.5 Å².